The minimum absolute atomic E-state index is 0.828. The van der Waals surface area contributed by atoms with Gasteiger partial charge in [-0.05, 0) is 12.1 Å². The number of fused-ring (bicyclic) bond motifs is 1. The normalized spacial score (nSPS) is 20.8. The predicted octanol–water partition coefficient (Wildman–Crippen LogP) is 2.13. The lowest BCUT2D eigenvalue weighted by molar-refractivity contribution is 0.424. The van der Waals surface area contributed by atoms with Gasteiger partial charge in [0.25, 0.3) is 0 Å². The summed E-state index contributed by atoms with van der Waals surface area (Å²) in [7, 11) is 1.72. The van der Waals surface area contributed by atoms with Crippen LogP contribution in [0.25, 0.3) is 0 Å². The Morgan fingerprint density at radius 3 is 3.00 bits per heavy atom. The SMILES string of the molecule is CN1c2ccccc2N=CC1F. The Bertz CT molecular complexity index is 322. The summed E-state index contributed by atoms with van der Waals surface area (Å²) < 4.78 is 13.0. The maximum Gasteiger partial charge on any atom is 0.208 e. The molecule has 0 spiro atoms. The zero-order chi connectivity index (χ0) is 8.55. The molecule has 0 aliphatic carbocycles. The molecule has 2 rings (SSSR count). The molecular weight excluding hydrogens is 155 g/mol. The van der Waals surface area contributed by atoms with Crippen LogP contribution in [-0.2, 0) is 0 Å². The first-order valence-electron chi connectivity index (χ1n) is 3.79. The van der Waals surface area contributed by atoms with Crippen LogP contribution in [0.2, 0.25) is 0 Å². The van der Waals surface area contributed by atoms with Crippen LogP contribution in [0.5, 0.6) is 0 Å². The lowest BCUT2D eigenvalue weighted by atomic mass is 10.2. The lowest BCUT2D eigenvalue weighted by Crippen LogP contribution is -2.30. The van der Waals surface area contributed by atoms with Gasteiger partial charge in [0.2, 0.25) is 6.30 Å². The van der Waals surface area contributed by atoms with Gasteiger partial charge in [0.1, 0.15) is 0 Å². The van der Waals surface area contributed by atoms with E-state index >= 15 is 0 Å². The zero-order valence-corrected chi connectivity index (χ0v) is 6.74. The number of para-hydroxylation sites is 2. The molecule has 1 unspecified atom stereocenters. The van der Waals surface area contributed by atoms with Crippen molar-refractivity contribution in [3.63, 3.8) is 0 Å². The quantitative estimate of drug-likeness (QED) is 0.536. The van der Waals surface area contributed by atoms with Crippen molar-refractivity contribution in [2.24, 2.45) is 4.99 Å². The van der Waals surface area contributed by atoms with E-state index in [2.05, 4.69) is 4.99 Å². The summed E-state index contributed by atoms with van der Waals surface area (Å²) in [5, 5.41) is 0. The van der Waals surface area contributed by atoms with Crippen molar-refractivity contribution < 1.29 is 4.39 Å². The number of hydrogen-bond acceptors (Lipinski definition) is 2. The summed E-state index contributed by atoms with van der Waals surface area (Å²) in [5.41, 5.74) is 1.67. The van der Waals surface area contributed by atoms with E-state index < -0.39 is 6.30 Å². The minimum Gasteiger partial charge on any atom is -0.339 e. The summed E-state index contributed by atoms with van der Waals surface area (Å²) in [4.78, 5) is 5.54. The number of aliphatic imine (C=N–C) groups is 1. The summed E-state index contributed by atoms with van der Waals surface area (Å²) in [5.74, 6) is 0. The Morgan fingerprint density at radius 1 is 1.42 bits per heavy atom. The van der Waals surface area contributed by atoms with Crippen LogP contribution in [0.4, 0.5) is 15.8 Å². The molecule has 2 nitrogen and oxygen atoms in total. The first-order chi connectivity index (χ1) is 5.79. The van der Waals surface area contributed by atoms with E-state index in [0.29, 0.717) is 0 Å². The van der Waals surface area contributed by atoms with Crippen LogP contribution in [0.3, 0.4) is 0 Å². The highest BCUT2D eigenvalue weighted by atomic mass is 19.1. The van der Waals surface area contributed by atoms with Gasteiger partial charge in [0, 0.05) is 7.05 Å². The summed E-state index contributed by atoms with van der Waals surface area (Å²) >= 11 is 0. The van der Waals surface area contributed by atoms with Gasteiger partial charge in [-0.15, -0.1) is 0 Å². The number of rotatable bonds is 0. The summed E-state index contributed by atoms with van der Waals surface area (Å²) in [6.07, 6.45) is 0.211. The first kappa shape index (κ1) is 7.28. The highest BCUT2D eigenvalue weighted by Crippen LogP contribution is 2.31. The number of anilines is 1. The van der Waals surface area contributed by atoms with Crippen molar-refractivity contribution in [3.8, 4) is 0 Å². The van der Waals surface area contributed by atoms with E-state index in [0.717, 1.165) is 11.4 Å². The van der Waals surface area contributed by atoms with E-state index in [1.165, 1.54) is 6.21 Å². The van der Waals surface area contributed by atoms with Crippen molar-refractivity contribution in [1.82, 2.24) is 0 Å². The molecule has 0 saturated heterocycles. The largest absolute Gasteiger partial charge is 0.339 e. The molecule has 0 amide bonds. The topological polar surface area (TPSA) is 15.6 Å². The smallest absolute Gasteiger partial charge is 0.208 e. The maximum atomic E-state index is 13.0. The molecule has 0 saturated carbocycles. The van der Waals surface area contributed by atoms with Crippen molar-refractivity contribution in [1.29, 1.82) is 0 Å². The fourth-order valence-electron chi connectivity index (χ4n) is 1.25. The molecular formula is C9H9FN2. The van der Waals surface area contributed by atoms with E-state index in [4.69, 9.17) is 0 Å². The second-order valence-electron chi connectivity index (χ2n) is 2.75. The molecule has 1 aliphatic rings. The van der Waals surface area contributed by atoms with Gasteiger partial charge >= 0.3 is 0 Å². The molecule has 1 heterocycles. The fraction of sp³-hybridized carbons (Fsp3) is 0.222. The highest BCUT2D eigenvalue weighted by Gasteiger charge is 2.17. The van der Waals surface area contributed by atoms with Crippen molar-refractivity contribution in [2.75, 3.05) is 11.9 Å². The van der Waals surface area contributed by atoms with Crippen LogP contribution in [0, 0.1) is 0 Å². The van der Waals surface area contributed by atoms with Crippen molar-refractivity contribution in [3.05, 3.63) is 24.3 Å². The molecule has 1 atom stereocenters. The molecule has 0 fully saturated rings. The lowest BCUT2D eigenvalue weighted by Gasteiger charge is -2.25. The number of benzene rings is 1. The fourth-order valence-corrected chi connectivity index (χ4v) is 1.25. The van der Waals surface area contributed by atoms with E-state index in [1.807, 2.05) is 24.3 Å². The standard InChI is InChI=1S/C9H9FN2/c1-12-8-5-3-2-4-7(8)11-6-9(12)10/h2-6,9H,1H3. The Balaban J connectivity index is 2.52. The van der Waals surface area contributed by atoms with Gasteiger partial charge in [-0.25, -0.2) is 4.39 Å². The van der Waals surface area contributed by atoms with Gasteiger partial charge < -0.3 is 4.90 Å². The number of nitrogens with zero attached hydrogens (tertiary/aromatic N) is 2. The average molecular weight is 164 g/mol. The van der Waals surface area contributed by atoms with Crippen LogP contribution in [0.1, 0.15) is 0 Å². The average Bonchev–Trinajstić information content (AvgIpc) is 2.12. The van der Waals surface area contributed by atoms with Crippen LogP contribution in [0.15, 0.2) is 29.3 Å². The molecule has 0 N–H and O–H groups in total. The second kappa shape index (κ2) is 2.59. The molecule has 1 aromatic rings. The molecule has 1 aliphatic heterocycles. The summed E-state index contributed by atoms with van der Waals surface area (Å²) in [6.45, 7) is 0. The highest BCUT2D eigenvalue weighted by molar-refractivity contribution is 5.82. The van der Waals surface area contributed by atoms with Crippen LogP contribution < -0.4 is 4.90 Å². The Morgan fingerprint density at radius 2 is 2.17 bits per heavy atom. The molecule has 3 heteroatoms. The Kier molecular flexibility index (Phi) is 1.57. The van der Waals surface area contributed by atoms with E-state index in [1.54, 1.807) is 11.9 Å². The first-order valence-corrected chi connectivity index (χ1v) is 3.79. The third-order valence-corrected chi connectivity index (χ3v) is 1.97. The van der Waals surface area contributed by atoms with Gasteiger partial charge in [-0.1, -0.05) is 12.1 Å². The Hall–Kier alpha value is -1.38. The molecule has 1 aromatic carbocycles. The molecule has 0 aromatic heterocycles. The molecule has 0 radical (unpaired) electrons. The number of alkyl halides is 1. The number of hydrogen-bond donors (Lipinski definition) is 0. The summed E-state index contributed by atoms with van der Waals surface area (Å²) in [6, 6.07) is 7.50. The predicted molar refractivity (Wildman–Crippen MR) is 47.9 cm³/mol. The third kappa shape index (κ3) is 0.978. The monoisotopic (exact) mass is 164 g/mol. The molecule has 0 bridgehead atoms. The van der Waals surface area contributed by atoms with E-state index in [-0.39, 0.29) is 0 Å². The Labute approximate surface area is 70.3 Å². The van der Waals surface area contributed by atoms with Gasteiger partial charge in [-0.2, -0.15) is 0 Å². The minimum atomic E-state index is -1.10. The third-order valence-electron chi connectivity index (χ3n) is 1.97. The van der Waals surface area contributed by atoms with Gasteiger partial charge in [0.15, 0.2) is 0 Å². The molecule has 12 heavy (non-hydrogen) atoms. The van der Waals surface area contributed by atoms with Gasteiger partial charge in [0.05, 0.1) is 17.6 Å². The number of halogens is 1. The molecule has 62 valence electrons. The van der Waals surface area contributed by atoms with Gasteiger partial charge in [-0.3, -0.25) is 4.99 Å². The van der Waals surface area contributed by atoms with Crippen molar-refractivity contribution >= 4 is 17.6 Å². The van der Waals surface area contributed by atoms with Crippen molar-refractivity contribution in [2.45, 2.75) is 6.30 Å². The van der Waals surface area contributed by atoms with Crippen LogP contribution in [-0.4, -0.2) is 19.6 Å². The van der Waals surface area contributed by atoms with Crippen LogP contribution >= 0.6 is 0 Å². The van der Waals surface area contributed by atoms with E-state index in [9.17, 15) is 4.39 Å². The second-order valence-corrected chi connectivity index (χ2v) is 2.75. The zero-order valence-electron chi connectivity index (χ0n) is 6.74. The maximum absolute atomic E-state index is 13.0.